The van der Waals surface area contributed by atoms with Crippen LogP contribution in [0.1, 0.15) is 21.5 Å². The van der Waals surface area contributed by atoms with E-state index in [-0.39, 0.29) is 4.83 Å². The summed E-state index contributed by atoms with van der Waals surface area (Å²) in [5, 5.41) is 3.36. The molecule has 1 aliphatic rings. The van der Waals surface area contributed by atoms with Gasteiger partial charge in [0.2, 0.25) is 0 Å². The first-order chi connectivity index (χ1) is 10.7. The van der Waals surface area contributed by atoms with E-state index in [0.717, 1.165) is 11.4 Å². The van der Waals surface area contributed by atoms with Crippen LogP contribution in [0.2, 0.25) is 5.02 Å². The number of hydrogen-bond acceptors (Lipinski definition) is 0. The van der Waals surface area contributed by atoms with Gasteiger partial charge in [-0.3, -0.25) is 0 Å². The summed E-state index contributed by atoms with van der Waals surface area (Å²) in [7, 11) is 0. The molecule has 4 rings (SSSR count). The smallest absolute Gasteiger partial charge is 0.0654 e. The number of hydrogen-bond donors (Lipinski definition) is 0. The summed E-state index contributed by atoms with van der Waals surface area (Å²) in [6.07, 6.45) is 4.41. The average molecular weight is 369 g/mol. The molecule has 0 fully saturated rings. The molecule has 3 aromatic carbocycles. The lowest BCUT2D eigenvalue weighted by molar-refractivity contribution is 1.08. The highest BCUT2D eigenvalue weighted by atomic mass is 79.9. The van der Waals surface area contributed by atoms with Crippen LogP contribution in [0.5, 0.6) is 0 Å². The van der Waals surface area contributed by atoms with E-state index in [4.69, 9.17) is 11.6 Å². The van der Waals surface area contributed by atoms with Gasteiger partial charge >= 0.3 is 0 Å². The minimum Gasteiger partial charge on any atom is -0.0840 e. The standard InChI is InChI=1S/C20H13BrCl/c21-19-12-14(11-18-17(19)9-4-10-20(18)22)16-8-3-6-13-5-1-2-7-15(13)16/h1-10,19H,11H2. The lowest BCUT2D eigenvalue weighted by atomic mass is 9.86. The lowest BCUT2D eigenvalue weighted by Crippen LogP contribution is -2.06. The van der Waals surface area contributed by atoms with Crippen molar-refractivity contribution in [1.82, 2.24) is 0 Å². The molecule has 3 aromatic rings. The molecule has 22 heavy (non-hydrogen) atoms. The van der Waals surface area contributed by atoms with Gasteiger partial charge in [-0.1, -0.05) is 82.1 Å². The molecule has 1 atom stereocenters. The topological polar surface area (TPSA) is 0 Å². The molecule has 0 saturated carbocycles. The van der Waals surface area contributed by atoms with Gasteiger partial charge in [-0.25, -0.2) is 0 Å². The Morgan fingerprint density at radius 2 is 1.73 bits per heavy atom. The van der Waals surface area contributed by atoms with Crippen molar-refractivity contribution in [2.24, 2.45) is 0 Å². The molecule has 1 unspecified atom stereocenters. The summed E-state index contributed by atoms with van der Waals surface area (Å²) >= 11 is 10.1. The van der Waals surface area contributed by atoms with Crippen molar-refractivity contribution < 1.29 is 0 Å². The zero-order chi connectivity index (χ0) is 15.1. The Kier molecular flexibility index (Phi) is 3.56. The largest absolute Gasteiger partial charge is 0.0840 e. The monoisotopic (exact) mass is 367 g/mol. The molecule has 1 aliphatic carbocycles. The minimum absolute atomic E-state index is 0.0870. The quantitative estimate of drug-likeness (QED) is 0.438. The van der Waals surface area contributed by atoms with Gasteiger partial charge in [0.05, 0.1) is 4.83 Å². The zero-order valence-electron chi connectivity index (χ0n) is 11.8. The van der Waals surface area contributed by atoms with Crippen LogP contribution in [-0.4, -0.2) is 0 Å². The number of alkyl halides is 1. The van der Waals surface area contributed by atoms with E-state index in [2.05, 4.69) is 70.5 Å². The first kappa shape index (κ1) is 14.0. The second-order valence-corrected chi connectivity index (χ2v) is 6.82. The van der Waals surface area contributed by atoms with Gasteiger partial charge in [0.15, 0.2) is 0 Å². The third-order valence-electron chi connectivity index (χ3n) is 4.20. The molecule has 0 nitrogen and oxygen atoms in total. The van der Waals surface area contributed by atoms with Crippen LogP contribution in [0.25, 0.3) is 16.3 Å². The Hall–Kier alpha value is -1.57. The Labute approximate surface area is 143 Å². The second-order valence-electron chi connectivity index (χ2n) is 5.50. The second kappa shape index (κ2) is 5.57. The molecular weight excluding hydrogens is 356 g/mol. The average Bonchev–Trinajstić information content (AvgIpc) is 2.55. The molecule has 107 valence electrons. The van der Waals surface area contributed by atoms with Crippen LogP contribution in [0.15, 0.2) is 60.7 Å². The summed E-state index contributed by atoms with van der Waals surface area (Å²) in [4.78, 5) is 0.0870. The van der Waals surface area contributed by atoms with Crippen molar-refractivity contribution in [1.29, 1.82) is 0 Å². The maximum Gasteiger partial charge on any atom is 0.0654 e. The van der Waals surface area contributed by atoms with E-state index >= 15 is 0 Å². The fourth-order valence-corrected chi connectivity index (χ4v) is 4.07. The minimum atomic E-state index is 0.0870. The number of rotatable bonds is 1. The number of halogens is 2. The van der Waals surface area contributed by atoms with E-state index in [1.165, 1.54) is 33.0 Å². The zero-order valence-corrected chi connectivity index (χ0v) is 14.2. The first-order valence-electron chi connectivity index (χ1n) is 7.26. The van der Waals surface area contributed by atoms with Crippen molar-refractivity contribution in [2.45, 2.75) is 11.2 Å². The Morgan fingerprint density at radius 3 is 2.64 bits per heavy atom. The van der Waals surface area contributed by atoms with Crippen molar-refractivity contribution in [3.05, 3.63) is 88.5 Å². The summed E-state index contributed by atoms with van der Waals surface area (Å²) in [6.45, 7) is 0. The summed E-state index contributed by atoms with van der Waals surface area (Å²) in [5.41, 5.74) is 4.87. The molecule has 0 aromatic heterocycles. The highest BCUT2D eigenvalue weighted by Gasteiger charge is 2.22. The van der Waals surface area contributed by atoms with Crippen LogP contribution in [0, 0.1) is 6.08 Å². The number of benzene rings is 3. The highest BCUT2D eigenvalue weighted by Crippen LogP contribution is 2.41. The number of allylic oxidation sites excluding steroid dienone is 2. The molecule has 2 heteroatoms. The summed E-state index contributed by atoms with van der Waals surface area (Å²) < 4.78 is 0. The van der Waals surface area contributed by atoms with Gasteiger partial charge in [0.25, 0.3) is 0 Å². The van der Waals surface area contributed by atoms with Gasteiger partial charge < -0.3 is 0 Å². The molecule has 0 N–H and O–H groups in total. The molecule has 1 radical (unpaired) electrons. The third kappa shape index (κ3) is 2.29. The predicted molar refractivity (Wildman–Crippen MR) is 97.4 cm³/mol. The maximum atomic E-state index is 6.42. The molecule has 0 saturated heterocycles. The van der Waals surface area contributed by atoms with Crippen LogP contribution in [0.3, 0.4) is 0 Å². The van der Waals surface area contributed by atoms with E-state index in [0.29, 0.717) is 0 Å². The normalized spacial score (nSPS) is 17.2. The SMILES string of the molecule is Clc1cccc2c1CC(c1cccc3ccccc13)=[C]C2Br. The molecule has 0 bridgehead atoms. The lowest BCUT2D eigenvalue weighted by Gasteiger charge is -2.22. The number of fused-ring (bicyclic) bond motifs is 2. The van der Waals surface area contributed by atoms with Crippen molar-refractivity contribution in [3.63, 3.8) is 0 Å². The first-order valence-corrected chi connectivity index (χ1v) is 8.55. The van der Waals surface area contributed by atoms with Crippen molar-refractivity contribution >= 4 is 43.9 Å². The Bertz CT molecular complexity index is 890. The molecule has 0 aliphatic heterocycles. The van der Waals surface area contributed by atoms with E-state index in [1.54, 1.807) is 0 Å². The third-order valence-corrected chi connectivity index (χ3v) is 5.27. The Morgan fingerprint density at radius 1 is 0.955 bits per heavy atom. The molecule has 0 heterocycles. The van der Waals surface area contributed by atoms with E-state index in [9.17, 15) is 0 Å². The van der Waals surface area contributed by atoms with Gasteiger partial charge in [0, 0.05) is 11.4 Å². The molecule has 0 spiro atoms. The molecular formula is C20H13BrCl. The molecule has 0 amide bonds. The van der Waals surface area contributed by atoms with Gasteiger partial charge in [-0.05, 0) is 45.2 Å². The predicted octanol–water partition coefficient (Wildman–Crippen LogP) is 6.37. The van der Waals surface area contributed by atoms with Crippen LogP contribution >= 0.6 is 27.5 Å². The van der Waals surface area contributed by atoms with Gasteiger partial charge in [-0.2, -0.15) is 0 Å². The van der Waals surface area contributed by atoms with Crippen LogP contribution in [-0.2, 0) is 6.42 Å². The summed E-state index contributed by atoms with van der Waals surface area (Å²) in [5.74, 6) is 0. The van der Waals surface area contributed by atoms with E-state index in [1.807, 2.05) is 12.1 Å². The highest BCUT2D eigenvalue weighted by molar-refractivity contribution is 9.09. The van der Waals surface area contributed by atoms with Crippen LogP contribution in [0.4, 0.5) is 0 Å². The van der Waals surface area contributed by atoms with Crippen LogP contribution < -0.4 is 0 Å². The van der Waals surface area contributed by atoms with Gasteiger partial charge in [0.1, 0.15) is 0 Å². The Balaban J connectivity index is 1.89. The van der Waals surface area contributed by atoms with Gasteiger partial charge in [-0.15, -0.1) is 0 Å². The van der Waals surface area contributed by atoms with E-state index < -0.39 is 0 Å². The fraction of sp³-hybridized carbons (Fsp3) is 0.100. The fourth-order valence-electron chi connectivity index (χ4n) is 3.12. The van der Waals surface area contributed by atoms with Crippen molar-refractivity contribution in [2.75, 3.05) is 0 Å². The summed E-state index contributed by atoms with van der Waals surface area (Å²) in [6, 6.07) is 21.0. The van der Waals surface area contributed by atoms with Crippen molar-refractivity contribution in [3.8, 4) is 0 Å². The maximum absolute atomic E-state index is 6.42.